The number of ether oxygens (including phenoxy) is 1. The topological polar surface area (TPSA) is 59.5 Å². The minimum Gasteiger partial charge on any atom is -0.487 e. The molecule has 4 aromatic rings. The van der Waals surface area contributed by atoms with Gasteiger partial charge >= 0.3 is 0 Å². The molecule has 0 saturated heterocycles. The summed E-state index contributed by atoms with van der Waals surface area (Å²) in [6.07, 6.45) is 1.82. The molecule has 0 aliphatic carbocycles. The predicted molar refractivity (Wildman–Crippen MR) is 130 cm³/mol. The van der Waals surface area contributed by atoms with Gasteiger partial charge in [0.25, 0.3) is 11.8 Å². The fourth-order valence-corrected chi connectivity index (χ4v) is 4.26. The molecular formula is C27H20N2O3S. The molecule has 0 unspecified atom stereocenters. The van der Waals surface area contributed by atoms with Crippen molar-refractivity contribution < 1.29 is 14.3 Å². The number of hydrogen-bond acceptors (Lipinski definition) is 5. The van der Waals surface area contributed by atoms with Crippen LogP contribution in [0.15, 0.2) is 83.7 Å². The van der Waals surface area contributed by atoms with Gasteiger partial charge in [-0.15, -0.1) is 11.3 Å². The number of fused-ring (bicyclic) bond motifs is 1. The summed E-state index contributed by atoms with van der Waals surface area (Å²) in [5, 5.41) is 1.95. The van der Waals surface area contributed by atoms with Gasteiger partial charge in [0, 0.05) is 16.5 Å². The molecule has 5 nitrogen and oxygen atoms in total. The summed E-state index contributed by atoms with van der Waals surface area (Å²) in [5.74, 6) is 0.0609. The Morgan fingerprint density at radius 1 is 0.909 bits per heavy atom. The number of carbonyl (C=O) groups is 2. The van der Waals surface area contributed by atoms with Crippen molar-refractivity contribution in [2.45, 2.75) is 13.5 Å². The van der Waals surface area contributed by atoms with Crippen LogP contribution in [0.1, 0.15) is 32.7 Å². The first-order valence-electron chi connectivity index (χ1n) is 10.5. The minimum atomic E-state index is -0.341. The van der Waals surface area contributed by atoms with Crippen LogP contribution in [-0.4, -0.2) is 16.8 Å². The number of amides is 2. The zero-order chi connectivity index (χ0) is 22.8. The van der Waals surface area contributed by atoms with E-state index in [-0.39, 0.29) is 11.8 Å². The molecule has 1 aliphatic rings. The summed E-state index contributed by atoms with van der Waals surface area (Å²) >= 11 is 1.53. The predicted octanol–water partition coefficient (Wildman–Crippen LogP) is 5.76. The van der Waals surface area contributed by atoms with Crippen molar-refractivity contribution in [1.29, 1.82) is 0 Å². The van der Waals surface area contributed by atoms with Gasteiger partial charge in [-0.2, -0.15) is 0 Å². The van der Waals surface area contributed by atoms with E-state index in [0.29, 0.717) is 29.0 Å². The average Bonchev–Trinajstić information content (AvgIpc) is 3.36. The lowest BCUT2D eigenvalue weighted by atomic mass is 9.91. The molecule has 0 atom stereocenters. The highest BCUT2D eigenvalue weighted by Crippen LogP contribution is 2.33. The molecule has 0 fully saturated rings. The van der Waals surface area contributed by atoms with Gasteiger partial charge in [0.05, 0.1) is 16.9 Å². The second kappa shape index (κ2) is 8.84. The number of aromatic nitrogens is 1. The van der Waals surface area contributed by atoms with E-state index in [9.17, 15) is 9.59 Å². The van der Waals surface area contributed by atoms with Crippen molar-refractivity contribution in [2.24, 2.45) is 0 Å². The Morgan fingerprint density at radius 2 is 1.64 bits per heavy atom. The maximum Gasteiger partial charge on any atom is 0.265 e. The van der Waals surface area contributed by atoms with Gasteiger partial charge in [0.1, 0.15) is 12.4 Å². The molecular weight excluding hydrogens is 432 g/mol. The second-order valence-corrected chi connectivity index (χ2v) is 8.44. The van der Waals surface area contributed by atoms with Gasteiger partial charge < -0.3 is 4.74 Å². The largest absolute Gasteiger partial charge is 0.487 e. The van der Waals surface area contributed by atoms with Gasteiger partial charge in [-0.25, -0.2) is 9.88 Å². The summed E-state index contributed by atoms with van der Waals surface area (Å²) in [4.78, 5) is 32.1. The molecule has 2 amide bonds. The van der Waals surface area contributed by atoms with Crippen LogP contribution in [0.2, 0.25) is 0 Å². The smallest absolute Gasteiger partial charge is 0.265 e. The fraction of sp³-hybridized carbons (Fsp3) is 0.0741. The Kier molecular flexibility index (Phi) is 5.59. The molecule has 5 rings (SSSR count). The monoisotopic (exact) mass is 452 g/mol. The highest BCUT2D eigenvalue weighted by atomic mass is 32.1. The maximum absolute atomic E-state index is 13.5. The second-order valence-electron chi connectivity index (χ2n) is 7.72. The zero-order valence-electron chi connectivity index (χ0n) is 17.9. The maximum atomic E-state index is 13.5. The molecule has 0 bridgehead atoms. The average molecular weight is 453 g/mol. The number of benzene rings is 3. The Bertz CT molecular complexity index is 1340. The summed E-state index contributed by atoms with van der Waals surface area (Å²) in [7, 11) is 0. The number of thiazole rings is 1. The molecule has 0 spiro atoms. The number of nitrogens with zero attached hydrogens (tertiary/aromatic N) is 2. The van der Waals surface area contributed by atoms with Crippen molar-refractivity contribution in [3.05, 3.63) is 112 Å². The van der Waals surface area contributed by atoms with E-state index in [1.807, 2.05) is 73.0 Å². The lowest BCUT2D eigenvalue weighted by Crippen LogP contribution is -2.41. The van der Waals surface area contributed by atoms with Gasteiger partial charge in [0.15, 0.2) is 0 Å². The van der Waals surface area contributed by atoms with E-state index in [1.54, 1.807) is 23.7 Å². The summed E-state index contributed by atoms with van der Waals surface area (Å²) in [6.45, 7) is 2.37. The van der Waals surface area contributed by atoms with E-state index >= 15 is 0 Å². The van der Waals surface area contributed by atoms with E-state index < -0.39 is 0 Å². The van der Waals surface area contributed by atoms with Gasteiger partial charge in [-0.05, 0) is 54.5 Å². The van der Waals surface area contributed by atoms with Crippen LogP contribution in [0, 0.1) is 6.92 Å². The number of hydrogen-bond donors (Lipinski definition) is 0. The molecule has 0 radical (unpaired) electrons. The van der Waals surface area contributed by atoms with Crippen molar-refractivity contribution in [3.63, 3.8) is 0 Å². The van der Waals surface area contributed by atoms with E-state index in [0.717, 1.165) is 22.6 Å². The van der Waals surface area contributed by atoms with Crippen molar-refractivity contribution in [3.8, 4) is 5.75 Å². The van der Waals surface area contributed by atoms with Crippen LogP contribution >= 0.6 is 11.3 Å². The number of rotatable bonds is 5. The molecule has 2 heterocycles. The molecule has 6 heteroatoms. The number of aryl methyl sites for hydroxylation is 1. The number of carbonyl (C=O) groups excluding carboxylic acids is 2. The highest BCUT2D eigenvalue weighted by Gasteiger charge is 2.35. The first-order valence-corrected chi connectivity index (χ1v) is 11.4. The minimum absolute atomic E-state index is 0.317. The first-order chi connectivity index (χ1) is 16.1. The Balaban J connectivity index is 1.48. The molecule has 162 valence electrons. The lowest BCUT2D eigenvalue weighted by molar-refractivity contribution is -0.112. The summed E-state index contributed by atoms with van der Waals surface area (Å²) in [5.41, 5.74) is 6.74. The van der Waals surface area contributed by atoms with Crippen LogP contribution in [0.3, 0.4) is 0 Å². The normalized spacial score (nSPS) is 14.5. The number of anilines is 1. The Labute approximate surface area is 195 Å². The van der Waals surface area contributed by atoms with Crippen molar-refractivity contribution in [1.82, 2.24) is 4.98 Å². The SMILES string of the molecule is Cc1ccc(N2C(=O)/C(=C\c3ccc(OCc4cscn4)cc3)c3ccccc3C2=O)cc1. The molecule has 33 heavy (non-hydrogen) atoms. The number of imide groups is 1. The Morgan fingerprint density at radius 3 is 2.33 bits per heavy atom. The quantitative estimate of drug-likeness (QED) is 0.285. The standard InChI is InChI=1S/C27H20N2O3S/c1-18-6-10-21(11-7-18)29-26(30)24-5-3-2-4-23(24)25(27(29)31)14-19-8-12-22(13-9-19)32-15-20-16-33-17-28-20/h2-14,16-17H,15H2,1H3/b25-14-. The highest BCUT2D eigenvalue weighted by molar-refractivity contribution is 7.07. The molecule has 3 aromatic carbocycles. The van der Waals surface area contributed by atoms with Crippen LogP contribution in [0.25, 0.3) is 11.6 Å². The Hall–Kier alpha value is -4.03. The fourth-order valence-electron chi connectivity index (χ4n) is 3.71. The third-order valence-corrected chi connectivity index (χ3v) is 6.07. The van der Waals surface area contributed by atoms with Gasteiger partial charge in [-0.3, -0.25) is 9.59 Å². The molecule has 1 aliphatic heterocycles. The van der Waals surface area contributed by atoms with E-state index in [4.69, 9.17) is 4.74 Å². The molecule has 1 aromatic heterocycles. The van der Waals surface area contributed by atoms with E-state index in [1.165, 1.54) is 16.2 Å². The zero-order valence-corrected chi connectivity index (χ0v) is 18.7. The van der Waals surface area contributed by atoms with Crippen LogP contribution < -0.4 is 9.64 Å². The lowest BCUT2D eigenvalue weighted by Gasteiger charge is -2.28. The van der Waals surface area contributed by atoms with Crippen LogP contribution in [-0.2, 0) is 11.4 Å². The third kappa shape index (κ3) is 4.21. The summed E-state index contributed by atoms with van der Waals surface area (Å²) < 4.78 is 5.77. The van der Waals surface area contributed by atoms with Gasteiger partial charge in [0.2, 0.25) is 0 Å². The third-order valence-electron chi connectivity index (χ3n) is 5.44. The summed E-state index contributed by atoms with van der Waals surface area (Å²) in [6, 6.07) is 22.1. The first kappa shape index (κ1) is 20.8. The van der Waals surface area contributed by atoms with Crippen LogP contribution in [0.5, 0.6) is 5.75 Å². The van der Waals surface area contributed by atoms with Crippen molar-refractivity contribution >= 4 is 40.5 Å². The van der Waals surface area contributed by atoms with Crippen molar-refractivity contribution in [2.75, 3.05) is 4.90 Å². The molecule has 0 saturated carbocycles. The molecule has 0 N–H and O–H groups in total. The van der Waals surface area contributed by atoms with Crippen LogP contribution in [0.4, 0.5) is 5.69 Å². The van der Waals surface area contributed by atoms with E-state index in [2.05, 4.69) is 4.98 Å². The van der Waals surface area contributed by atoms with Gasteiger partial charge in [-0.1, -0.05) is 48.0 Å².